The summed E-state index contributed by atoms with van der Waals surface area (Å²) < 4.78 is 26.4. The number of nitro groups is 1. The normalized spacial score (nSPS) is 17.6. The molecule has 0 aromatic heterocycles. The van der Waals surface area contributed by atoms with Gasteiger partial charge in [-0.15, -0.1) is 0 Å². The Morgan fingerprint density at radius 1 is 1.30 bits per heavy atom. The summed E-state index contributed by atoms with van der Waals surface area (Å²) in [5.41, 5.74) is 0.283. The van der Waals surface area contributed by atoms with Crippen molar-refractivity contribution in [2.75, 3.05) is 26.2 Å². The number of nitrogens with zero attached hydrogens (tertiary/aromatic N) is 2. The third-order valence-corrected chi connectivity index (χ3v) is 5.20. The molecular weight excluding hydrogens is 282 g/mol. The van der Waals surface area contributed by atoms with E-state index in [2.05, 4.69) is 5.32 Å². The van der Waals surface area contributed by atoms with Crippen LogP contribution in [0.3, 0.4) is 0 Å². The van der Waals surface area contributed by atoms with Gasteiger partial charge in [0.15, 0.2) is 0 Å². The molecule has 0 radical (unpaired) electrons. The Kier molecular flexibility index (Phi) is 4.36. The number of aryl methyl sites for hydroxylation is 1. The second-order valence-corrected chi connectivity index (χ2v) is 6.65. The molecule has 1 aromatic rings. The minimum Gasteiger partial charge on any atom is -0.315 e. The molecule has 0 spiro atoms. The van der Waals surface area contributed by atoms with E-state index in [0.717, 1.165) is 13.0 Å². The van der Waals surface area contributed by atoms with Gasteiger partial charge in [-0.3, -0.25) is 10.1 Å². The topological polar surface area (TPSA) is 92.6 Å². The van der Waals surface area contributed by atoms with Gasteiger partial charge < -0.3 is 5.32 Å². The lowest BCUT2D eigenvalue weighted by atomic mass is 10.2. The van der Waals surface area contributed by atoms with Gasteiger partial charge in [-0.1, -0.05) is 0 Å². The molecule has 0 saturated carbocycles. The first-order valence-electron chi connectivity index (χ1n) is 6.39. The fraction of sp³-hybridized carbons (Fsp3) is 0.500. The smallest absolute Gasteiger partial charge is 0.272 e. The first kappa shape index (κ1) is 14.9. The third-order valence-electron chi connectivity index (χ3n) is 3.30. The van der Waals surface area contributed by atoms with Crippen LogP contribution in [0.4, 0.5) is 5.69 Å². The summed E-state index contributed by atoms with van der Waals surface area (Å²) >= 11 is 0. The van der Waals surface area contributed by atoms with E-state index in [9.17, 15) is 18.5 Å². The predicted molar refractivity (Wildman–Crippen MR) is 74.1 cm³/mol. The van der Waals surface area contributed by atoms with Crippen molar-refractivity contribution in [1.82, 2.24) is 9.62 Å². The molecule has 0 atom stereocenters. The van der Waals surface area contributed by atoms with Crippen molar-refractivity contribution in [1.29, 1.82) is 0 Å². The summed E-state index contributed by atoms with van der Waals surface area (Å²) in [6.45, 7) is 3.83. The van der Waals surface area contributed by atoms with E-state index in [1.54, 1.807) is 6.92 Å². The van der Waals surface area contributed by atoms with Gasteiger partial charge in [0.1, 0.15) is 0 Å². The SMILES string of the molecule is Cc1cc(S(=O)(=O)N2CCCNCC2)ccc1[N+](=O)[O-]. The van der Waals surface area contributed by atoms with Gasteiger partial charge >= 0.3 is 0 Å². The number of nitro benzene ring substituents is 1. The zero-order chi connectivity index (χ0) is 14.8. The van der Waals surface area contributed by atoms with E-state index in [0.29, 0.717) is 25.2 Å². The molecule has 8 heteroatoms. The second kappa shape index (κ2) is 5.86. The van der Waals surface area contributed by atoms with Crippen LogP contribution in [0.25, 0.3) is 0 Å². The second-order valence-electron chi connectivity index (χ2n) is 4.71. The standard InChI is InChI=1S/C12H17N3O4S/c1-10-9-11(3-4-12(10)15(16)17)20(18,19)14-7-2-5-13-6-8-14/h3-4,9,13H,2,5-8H2,1H3. The summed E-state index contributed by atoms with van der Waals surface area (Å²) in [7, 11) is -3.58. The molecule has 0 bridgehead atoms. The van der Waals surface area contributed by atoms with Crippen LogP contribution >= 0.6 is 0 Å². The minimum absolute atomic E-state index is 0.0681. The van der Waals surface area contributed by atoms with Crippen molar-refractivity contribution < 1.29 is 13.3 Å². The molecule has 1 N–H and O–H groups in total. The van der Waals surface area contributed by atoms with Crippen LogP contribution in [0.2, 0.25) is 0 Å². The molecule has 1 fully saturated rings. The summed E-state index contributed by atoms with van der Waals surface area (Å²) in [5.74, 6) is 0. The van der Waals surface area contributed by atoms with Crippen LogP contribution in [0, 0.1) is 17.0 Å². The van der Waals surface area contributed by atoms with E-state index >= 15 is 0 Å². The van der Waals surface area contributed by atoms with E-state index in [1.165, 1.54) is 22.5 Å². The van der Waals surface area contributed by atoms with Crippen molar-refractivity contribution in [3.05, 3.63) is 33.9 Å². The van der Waals surface area contributed by atoms with Gasteiger partial charge in [0.05, 0.1) is 9.82 Å². The molecule has 0 aliphatic carbocycles. The van der Waals surface area contributed by atoms with Crippen LogP contribution in [0.1, 0.15) is 12.0 Å². The molecule has 1 aromatic carbocycles. The Labute approximate surface area is 117 Å². The molecule has 1 aliphatic rings. The number of rotatable bonds is 3. The average Bonchev–Trinajstić information content (AvgIpc) is 2.67. The maximum Gasteiger partial charge on any atom is 0.272 e. The van der Waals surface area contributed by atoms with Gasteiger partial charge in [0, 0.05) is 31.3 Å². The monoisotopic (exact) mass is 299 g/mol. The van der Waals surface area contributed by atoms with Crippen molar-refractivity contribution in [2.45, 2.75) is 18.2 Å². The Bertz CT molecular complexity index is 607. The molecule has 0 amide bonds. The van der Waals surface area contributed by atoms with Crippen molar-refractivity contribution in [3.63, 3.8) is 0 Å². The summed E-state index contributed by atoms with van der Waals surface area (Å²) in [5, 5.41) is 13.9. The Balaban J connectivity index is 2.34. The minimum atomic E-state index is -3.58. The highest BCUT2D eigenvalue weighted by Crippen LogP contribution is 2.24. The fourth-order valence-electron chi connectivity index (χ4n) is 2.20. The molecule has 1 aliphatic heterocycles. The van der Waals surface area contributed by atoms with Crippen molar-refractivity contribution in [3.8, 4) is 0 Å². The molecule has 110 valence electrons. The van der Waals surface area contributed by atoms with E-state index in [1.807, 2.05) is 0 Å². The number of sulfonamides is 1. The maximum atomic E-state index is 12.5. The molecule has 20 heavy (non-hydrogen) atoms. The quantitative estimate of drug-likeness (QED) is 0.661. The van der Waals surface area contributed by atoms with Crippen LogP contribution in [-0.4, -0.2) is 43.8 Å². The lowest BCUT2D eigenvalue weighted by Gasteiger charge is -2.19. The molecular formula is C12H17N3O4S. The fourth-order valence-corrected chi connectivity index (χ4v) is 3.77. The molecule has 7 nitrogen and oxygen atoms in total. The number of hydrogen-bond donors (Lipinski definition) is 1. The summed E-state index contributed by atoms with van der Waals surface area (Å²) in [4.78, 5) is 10.4. The Hall–Kier alpha value is -1.51. The van der Waals surface area contributed by atoms with Gasteiger partial charge in [0.25, 0.3) is 5.69 Å². The molecule has 1 saturated heterocycles. The van der Waals surface area contributed by atoms with Crippen LogP contribution in [0.15, 0.2) is 23.1 Å². The van der Waals surface area contributed by atoms with E-state index in [4.69, 9.17) is 0 Å². The number of hydrogen-bond acceptors (Lipinski definition) is 5. The maximum absolute atomic E-state index is 12.5. The molecule has 2 rings (SSSR count). The third kappa shape index (κ3) is 2.97. The zero-order valence-electron chi connectivity index (χ0n) is 11.2. The lowest BCUT2D eigenvalue weighted by molar-refractivity contribution is -0.385. The van der Waals surface area contributed by atoms with Gasteiger partial charge in [-0.25, -0.2) is 8.42 Å². The Morgan fingerprint density at radius 3 is 2.70 bits per heavy atom. The summed E-state index contributed by atoms with van der Waals surface area (Å²) in [6, 6.07) is 3.92. The van der Waals surface area contributed by atoms with Crippen LogP contribution in [-0.2, 0) is 10.0 Å². The first-order valence-corrected chi connectivity index (χ1v) is 7.83. The van der Waals surface area contributed by atoms with Gasteiger partial charge in [-0.05, 0) is 32.0 Å². The largest absolute Gasteiger partial charge is 0.315 e. The van der Waals surface area contributed by atoms with Gasteiger partial charge in [0.2, 0.25) is 10.0 Å². The van der Waals surface area contributed by atoms with Crippen molar-refractivity contribution >= 4 is 15.7 Å². The van der Waals surface area contributed by atoms with E-state index < -0.39 is 14.9 Å². The van der Waals surface area contributed by atoms with Crippen molar-refractivity contribution in [2.24, 2.45) is 0 Å². The first-order chi connectivity index (χ1) is 9.43. The average molecular weight is 299 g/mol. The zero-order valence-corrected chi connectivity index (χ0v) is 12.0. The van der Waals surface area contributed by atoms with E-state index in [-0.39, 0.29) is 10.6 Å². The Morgan fingerprint density at radius 2 is 2.05 bits per heavy atom. The molecule has 0 unspecified atom stereocenters. The number of nitrogens with one attached hydrogen (secondary N) is 1. The predicted octanol–water partition coefficient (Wildman–Crippen LogP) is 0.887. The number of benzene rings is 1. The lowest BCUT2D eigenvalue weighted by Crippen LogP contribution is -2.34. The highest BCUT2D eigenvalue weighted by Gasteiger charge is 2.26. The van der Waals surface area contributed by atoms with Gasteiger partial charge in [-0.2, -0.15) is 4.31 Å². The summed E-state index contributed by atoms with van der Waals surface area (Å²) in [6.07, 6.45) is 0.755. The highest BCUT2D eigenvalue weighted by molar-refractivity contribution is 7.89. The molecule has 1 heterocycles. The van der Waals surface area contributed by atoms with Crippen LogP contribution < -0.4 is 5.32 Å². The van der Waals surface area contributed by atoms with Crippen LogP contribution in [0.5, 0.6) is 0 Å². The highest BCUT2D eigenvalue weighted by atomic mass is 32.2.